The second kappa shape index (κ2) is 8.08. The van der Waals surface area contributed by atoms with Gasteiger partial charge in [-0.25, -0.2) is 0 Å². The zero-order chi connectivity index (χ0) is 20.5. The summed E-state index contributed by atoms with van der Waals surface area (Å²) in [5.41, 5.74) is 3.94. The predicted octanol–water partition coefficient (Wildman–Crippen LogP) is 2.30. The Balaban J connectivity index is 1.47. The SMILES string of the molecule is Cc1cc(Cl)cc(Nc2n[nH]c3c2=CC(c2cnn(C4CCNCC4)c2)=NCC=3)c1. The molecule has 2 aliphatic heterocycles. The summed E-state index contributed by atoms with van der Waals surface area (Å²) in [7, 11) is 0. The summed E-state index contributed by atoms with van der Waals surface area (Å²) in [5, 5.41) is 21.6. The molecule has 0 unspecified atom stereocenters. The van der Waals surface area contributed by atoms with Crippen LogP contribution >= 0.6 is 11.6 Å². The van der Waals surface area contributed by atoms with Crippen LogP contribution in [0.1, 0.15) is 30.0 Å². The Morgan fingerprint density at radius 1 is 1.20 bits per heavy atom. The summed E-state index contributed by atoms with van der Waals surface area (Å²) in [5.74, 6) is 0.753. The van der Waals surface area contributed by atoms with E-state index in [-0.39, 0.29) is 0 Å². The first-order valence-corrected chi connectivity index (χ1v) is 10.6. The molecule has 154 valence electrons. The molecule has 30 heavy (non-hydrogen) atoms. The van der Waals surface area contributed by atoms with E-state index in [0.29, 0.717) is 17.6 Å². The molecule has 0 bridgehead atoms. The van der Waals surface area contributed by atoms with Crippen LogP contribution in [0, 0.1) is 6.92 Å². The third-order valence-electron chi connectivity index (χ3n) is 5.56. The maximum absolute atomic E-state index is 6.21. The predicted molar refractivity (Wildman–Crippen MR) is 121 cm³/mol. The number of halogens is 1. The van der Waals surface area contributed by atoms with Crippen molar-refractivity contribution in [3.8, 4) is 0 Å². The summed E-state index contributed by atoms with van der Waals surface area (Å²) < 4.78 is 2.09. The number of aromatic amines is 1. The van der Waals surface area contributed by atoms with E-state index in [1.54, 1.807) is 0 Å². The minimum absolute atomic E-state index is 0.450. The van der Waals surface area contributed by atoms with Crippen LogP contribution < -0.4 is 21.2 Å². The van der Waals surface area contributed by atoms with Gasteiger partial charge in [0.1, 0.15) is 0 Å². The van der Waals surface area contributed by atoms with Crippen molar-refractivity contribution in [2.24, 2.45) is 4.99 Å². The number of fused-ring (bicyclic) bond motifs is 1. The van der Waals surface area contributed by atoms with Crippen LogP contribution in [-0.2, 0) is 0 Å². The van der Waals surface area contributed by atoms with Gasteiger partial charge in [0.15, 0.2) is 5.82 Å². The maximum Gasteiger partial charge on any atom is 0.160 e. The number of aryl methyl sites for hydroxylation is 1. The molecule has 2 aromatic heterocycles. The number of aliphatic imine (C=N–C) groups is 1. The zero-order valence-electron chi connectivity index (χ0n) is 16.8. The van der Waals surface area contributed by atoms with Crippen molar-refractivity contribution in [3.63, 3.8) is 0 Å². The third kappa shape index (κ3) is 3.91. The summed E-state index contributed by atoms with van der Waals surface area (Å²) in [6.45, 7) is 4.69. The standard InChI is InChI=1S/C22H24ClN7/c1-14-8-16(23)10-17(9-14)27-22-19-11-21(25-7-4-20(19)28-29-22)15-12-26-30(13-15)18-2-5-24-6-3-18/h4,8-13,18,24,28H,2-3,5-7H2,1H3,(H,27,29). The third-order valence-corrected chi connectivity index (χ3v) is 5.77. The van der Waals surface area contributed by atoms with Gasteiger partial charge in [0.2, 0.25) is 0 Å². The zero-order valence-corrected chi connectivity index (χ0v) is 17.6. The molecule has 8 heteroatoms. The summed E-state index contributed by atoms with van der Waals surface area (Å²) >= 11 is 6.21. The van der Waals surface area contributed by atoms with E-state index in [4.69, 9.17) is 16.6 Å². The van der Waals surface area contributed by atoms with Gasteiger partial charge in [-0.2, -0.15) is 10.2 Å². The van der Waals surface area contributed by atoms with E-state index < -0.39 is 0 Å². The molecule has 0 atom stereocenters. The highest BCUT2D eigenvalue weighted by atomic mass is 35.5. The summed E-state index contributed by atoms with van der Waals surface area (Å²) in [4.78, 5) is 4.76. The van der Waals surface area contributed by atoms with Crippen molar-refractivity contribution in [1.82, 2.24) is 25.3 Å². The van der Waals surface area contributed by atoms with Gasteiger partial charge in [0.05, 0.1) is 29.8 Å². The Hall–Kier alpha value is -2.90. The Morgan fingerprint density at radius 2 is 2.07 bits per heavy atom. The average Bonchev–Trinajstić information content (AvgIpc) is 3.30. The number of rotatable bonds is 4. The van der Waals surface area contributed by atoms with Crippen LogP contribution in [0.3, 0.4) is 0 Å². The number of H-pyrrole nitrogens is 1. The van der Waals surface area contributed by atoms with E-state index in [9.17, 15) is 0 Å². The van der Waals surface area contributed by atoms with Crippen molar-refractivity contribution in [3.05, 3.63) is 57.3 Å². The van der Waals surface area contributed by atoms with Crippen molar-refractivity contribution in [1.29, 1.82) is 0 Å². The van der Waals surface area contributed by atoms with Crippen LogP contribution in [-0.4, -0.2) is 45.3 Å². The van der Waals surface area contributed by atoms with Crippen LogP contribution in [0.4, 0.5) is 11.5 Å². The highest BCUT2D eigenvalue weighted by molar-refractivity contribution is 6.31. The molecule has 0 amide bonds. The minimum Gasteiger partial charge on any atom is -0.338 e. The Labute approximate surface area is 179 Å². The fourth-order valence-electron chi connectivity index (χ4n) is 4.04. The molecule has 2 aliphatic rings. The van der Waals surface area contributed by atoms with Crippen molar-refractivity contribution >= 4 is 41.0 Å². The number of nitrogens with zero attached hydrogens (tertiary/aromatic N) is 4. The lowest BCUT2D eigenvalue weighted by molar-refractivity contribution is 0.343. The molecule has 1 aromatic carbocycles. The number of benzene rings is 1. The highest BCUT2D eigenvalue weighted by Crippen LogP contribution is 2.21. The molecule has 3 N–H and O–H groups in total. The fraction of sp³-hybridized carbons (Fsp3) is 0.318. The molecule has 0 saturated carbocycles. The number of aromatic nitrogens is 4. The van der Waals surface area contributed by atoms with Gasteiger partial charge < -0.3 is 10.6 Å². The lowest BCUT2D eigenvalue weighted by Gasteiger charge is -2.22. The Morgan fingerprint density at radius 3 is 2.90 bits per heavy atom. The normalized spacial score (nSPS) is 16.8. The largest absolute Gasteiger partial charge is 0.338 e. The highest BCUT2D eigenvalue weighted by Gasteiger charge is 2.17. The van der Waals surface area contributed by atoms with E-state index in [1.165, 1.54) is 0 Å². The second-order valence-electron chi connectivity index (χ2n) is 7.81. The molecule has 4 heterocycles. The first kappa shape index (κ1) is 19.1. The van der Waals surface area contributed by atoms with Crippen molar-refractivity contribution in [2.75, 3.05) is 25.0 Å². The molecule has 0 radical (unpaired) electrons. The van der Waals surface area contributed by atoms with Gasteiger partial charge in [-0.1, -0.05) is 11.6 Å². The first-order valence-electron chi connectivity index (χ1n) is 10.3. The molecular formula is C22H24ClN7. The summed E-state index contributed by atoms with van der Waals surface area (Å²) in [6, 6.07) is 6.33. The van der Waals surface area contributed by atoms with Gasteiger partial charge in [0.25, 0.3) is 0 Å². The lowest BCUT2D eigenvalue weighted by Crippen LogP contribution is -2.29. The number of piperidine rings is 1. The number of hydrogen-bond donors (Lipinski definition) is 3. The molecular weight excluding hydrogens is 398 g/mol. The van der Waals surface area contributed by atoms with Gasteiger partial charge in [-0.15, -0.1) is 0 Å². The second-order valence-corrected chi connectivity index (χ2v) is 8.24. The maximum atomic E-state index is 6.21. The Bertz CT molecular complexity index is 1190. The quantitative estimate of drug-likeness (QED) is 0.603. The molecule has 7 nitrogen and oxygen atoms in total. The van der Waals surface area contributed by atoms with Crippen LogP contribution in [0.25, 0.3) is 12.2 Å². The number of nitrogens with one attached hydrogen (secondary N) is 3. The van der Waals surface area contributed by atoms with Gasteiger partial charge >= 0.3 is 0 Å². The molecule has 0 aliphatic carbocycles. The molecule has 1 fully saturated rings. The van der Waals surface area contributed by atoms with E-state index in [0.717, 1.165) is 64.8 Å². The van der Waals surface area contributed by atoms with E-state index in [1.807, 2.05) is 31.3 Å². The average molecular weight is 422 g/mol. The van der Waals surface area contributed by atoms with Crippen molar-refractivity contribution in [2.45, 2.75) is 25.8 Å². The molecule has 3 aromatic rings. The van der Waals surface area contributed by atoms with Gasteiger partial charge in [0, 0.05) is 27.7 Å². The van der Waals surface area contributed by atoms with E-state index >= 15 is 0 Å². The number of hydrogen-bond acceptors (Lipinski definition) is 5. The minimum atomic E-state index is 0.450. The molecule has 5 rings (SSSR count). The summed E-state index contributed by atoms with van der Waals surface area (Å²) in [6.07, 6.45) is 10.4. The molecule has 0 spiro atoms. The van der Waals surface area contributed by atoms with Crippen LogP contribution in [0.2, 0.25) is 5.02 Å². The molecule has 1 saturated heterocycles. The Kier molecular flexibility index (Phi) is 5.14. The van der Waals surface area contributed by atoms with Crippen LogP contribution in [0.15, 0.2) is 35.6 Å². The number of anilines is 2. The topological polar surface area (TPSA) is 82.9 Å². The lowest BCUT2D eigenvalue weighted by atomic mass is 10.1. The van der Waals surface area contributed by atoms with Crippen molar-refractivity contribution < 1.29 is 0 Å². The van der Waals surface area contributed by atoms with Crippen LogP contribution in [0.5, 0.6) is 0 Å². The fourth-order valence-corrected chi connectivity index (χ4v) is 4.33. The van der Waals surface area contributed by atoms with E-state index in [2.05, 4.69) is 49.0 Å². The van der Waals surface area contributed by atoms with Gasteiger partial charge in [-0.3, -0.25) is 14.8 Å². The van der Waals surface area contributed by atoms with Gasteiger partial charge in [-0.05, 0) is 68.8 Å². The first-order chi connectivity index (χ1) is 14.7. The smallest absolute Gasteiger partial charge is 0.160 e. The monoisotopic (exact) mass is 421 g/mol.